The van der Waals surface area contributed by atoms with E-state index < -0.39 is 0 Å². The number of carbonyl (C=O) groups excluding carboxylic acids is 1. The molecule has 15 heavy (non-hydrogen) atoms. The average Bonchev–Trinajstić information content (AvgIpc) is 2.91. The van der Waals surface area contributed by atoms with Gasteiger partial charge in [-0.25, -0.2) is 0 Å². The van der Waals surface area contributed by atoms with Crippen LogP contribution < -0.4 is 11.1 Å². The lowest BCUT2D eigenvalue weighted by Gasteiger charge is -2.09. The largest absolute Gasteiger partial charge is 0.398 e. The van der Waals surface area contributed by atoms with Gasteiger partial charge >= 0.3 is 0 Å². The van der Waals surface area contributed by atoms with Crippen molar-refractivity contribution in [1.29, 1.82) is 0 Å². The molecule has 0 saturated heterocycles. The van der Waals surface area contributed by atoms with E-state index in [2.05, 4.69) is 12.2 Å². The first-order chi connectivity index (χ1) is 7.09. The van der Waals surface area contributed by atoms with Crippen molar-refractivity contribution in [2.24, 2.45) is 11.8 Å². The minimum absolute atomic E-state index is 0.121. The zero-order chi connectivity index (χ0) is 11.0. The van der Waals surface area contributed by atoms with Crippen LogP contribution in [0.2, 0.25) is 0 Å². The predicted octanol–water partition coefficient (Wildman–Crippen LogP) is 2.17. The fourth-order valence-corrected chi connectivity index (χ4v) is 1.70. The molecule has 1 aromatic rings. The fourth-order valence-electron chi connectivity index (χ4n) is 1.70. The third-order valence-corrected chi connectivity index (χ3v) is 3.08. The third kappa shape index (κ3) is 1.96. The van der Waals surface area contributed by atoms with Gasteiger partial charge in [0.1, 0.15) is 0 Å². The molecule has 80 valence electrons. The first-order valence-electron chi connectivity index (χ1n) is 5.25. The van der Waals surface area contributed by atoms with E-state index in [-0.39, 0.29) is 11.8 Å². The normalized spacial score (nSPS) is 23.6. The number of nitrogen functional groups attached to an aromatic ring is 1. The van der Waals surface area contributed by atoms with Crippen LogP contribution >= 0.6 is 0 Å². The van der Waals surface area contributed by atoms with Gasteiger partial charge in [-0.2, -0.15) is 0 Å². The van der Waals surface area contributed by atoms with Crippen LogP contribution in [-0.2, 0) is 4.79 Å². The lowest BCUT2D eigenvalue weighted by molar-refractivity contribution is -0.117. The molecule has 2 atom stereocenters. The van der Waals surface area contributed by atoms with Crippen molar-refractivity contribution in [3.05, 3.63) is 23.8 Å². The molecule has 1 fully saturated rings. The Morgan fingerprint density at radius 1 is 1.53 bits per heavy atom. The second-order valence-corrected chi connectivity index (χ2v) is 4.33. The summed E-state index contributed by atoms with van der Waals surface area (Å²) >= 11 is 0. The number of anilines is 2. The molecule has 2 unspecified atom stereocenters. The van der Waals surface area contributed by atoms with Crippen molar-refractivity contribution >= 4 is 17.3 Å². The molecule has 3 N–H and O–H groups in total. The van der Waals surface area contributed by atoms with Crippen molar-refractivity contribution in [3.8, 4) is 0 Å². The summed E-state index contributed by atoms with van der Waals surface area (Å²) in [7, 11) is 0. The van der Waals surface area contributed by atoms with Gasteiger partial charge in [-0.15, -0.1) is 0 Å². The van der Waals surface area contributed by atoms with Crippen LogP contribution in [0.25, 0.3) is 0 Å². The molecule has 1 aromatic carbocycles. The molecule has 1 amide bonds. The molecule has 0 spiro atoms. The summed E-state index contributed by atoms with van der Waals surface area (Å²) in [5, 5.41) is 2.92. The van der Waals surface area contributed by atoms with Crippen LogP contribution in [0.5, 0.6) is 0 Å². The highest BCUT2D eigenvalue weighted by molar-refractivity contribution is 5.95. The molecule has 1 saturated carbocycles. The number of hydrogen-bond acceptors (Lipinski definition) is 2. The maximum atomic E-state index is 11.7. The number of carbonyl (C=O) groups is 1. The molecule has 3 heteroatoms. The quantitative estimate of drug-likeness (QED) is 0.725. The van der Waals surface area contributed by atoms with Crippen LogP contribution in [0.15, 0.2) is 18.2 Å². The van der Waals surface area contributed by atoms with Crippen molar-refractivity contribution < 1.29 is 4.79 Å². The van der Waals surface area contributed by atoms with Gasteiger partial charge in [-0.1, -0.05) is 13.0 Å². The molecule has 2 rings (SSSR count). The van der Waals surface area contributed by atoms with Gasteiger partial charge in [-0.3, -0.25) is 4.79 Å². The smallest absolute Gasteiger partial charge is 0.227 e. The zero-order valence-corrected chi connectivity index (χ0v) is 9.08. The average molecular weight is 204 g/mol. The zero-order valence-electron chi connectivity index (χ0n) is 9.08. The number of hydrogen-bond donors (Lipinski definition) is 2. The molecule has 0 bridgehead atoms. The Labute approximate surface area is 89.7 Å². The standard InChI is InChI=1S/C12H16N2O/c1-7-6-9(7)12(15)14-11-5-3-4-10(13)8(11)2/h3-5,7,9H,6,13H2,1-2H3,(H,14,15). The summed E-state index contributed by atoms with van der Waals surface area (Å²) in [5.41, 5.74) is 8.26. The monoisotopic (exact) mass is 204 g/mol. The molecular weight excluding hydrogens is 188 g/mol. The second kappa shape index (κ2) is 3.57. The molecule has 1 aliphatic rings. The molecule has 0 aromatic heterocycles. The van der Waals surface area contributed by atoms with Crippen molar-refractivity contribution in [2.45, 2.75) is 20.3 Å². The Bertz CT molecular complexity index is 401. The molecule has 0 radical (unpaired) electrons. The third-order valence-electron chi connectivity index (χ3n) is 3.08. The maximum absolute atomic E-state index is 11.7. The fraction of sp³-hybridized carbons (Fsp3) is 0.417. The molecule has 0 heterocycles. The van der Waals surface area contributed by atoms with E-state index in [1.54, 1.807) is 0 Å². The lowest BCUT2D eigenvalue weighted by Crippen LogP contribution is -2.15. The summed E-state index contributed by atoms with van der Waals surface area (Å²) in [4.78, 5) is 11.7. The number of benzene rings is 1. The van der Waals surface area contributed by atoms with Gasteiger partial charge in [0.05, 0.1) is 0 Å². The predicted molar refractivity (Wildman–Crippen MR) is 61.5 cm³/mol. The molecule has 1 aliphatic carbocycles. The van der Waals surface area contributed by atoms with Crippen LogP contribution in [0, 0.1) is 18.8 Å². The summed E-state index contributed by atoms with van der Waals surface area (Å²) < 4.78 is 0. The SMILES string of the molecule is Cc1c(N)cccc1NC(=O)C1CC1C. The first-order valence-corrected chi connectivity index (χ1v) is 5.25. The Kier molecular flexibility index (Phi) is 2.39. The van der Waals surface area contributed by atoms with Gasteiger partial charge in [0.15, 0.2) is 0 Å². The van der Waals surface area contributed by atoms with Crippen LogP contribution in [-0.4, -0.2) is 5.91 Å². The summed E-state index contributed by atoms with van der Waals surface area (Å²) in [6.07, 6.45) is 1.01. The lowest BCUT2D eigenvalue weighted by atomic mass is 10.1. The molecular formula is C12H16N2O. The van der Waals surface area contributed by atoms with E-state index in [1.165, 1.54) is 0 Å². The minimum Gasteiger partial charge on any atom is -0.398 e. The maximum Gasteiger partial charge on any atom is 0.227 e. The van der Waals surface area contributed by atoms with Crippen molar-refractivity contribution in [2.75, 3.05) is 11.1 Å². The minimum atomic E-state index is 0.121. The van der Waals surface area contributed by atoms with Crippen molar-refractivity contribution in [3.63, 3.8) is 0 Å². The Hall–Kier alpha value is -1.51. The Morgan fingerprint density at radius 2 is 2.20 bits per heavy atom. The van der Waals surface area contributed by atoms with Crippen LogP contribution in [0.1, 0.15) is 18.9 Å². The molecule has 3 nitrogen and oxygen atoms in total. The van der Waals surface area contributed by atoms with E-state index >= 15 is 0 Å². The van der Waals surface area contributed by atoms with E-state index in [9.17, 15) is 4.79 Å². The topological polar surface area (TPSA) is 55.1 Å². The molecule has 0 aliphatic heterocycles. The summed E-state index contributed by atoms with van der Waals surface area (Å²) in [6.45, 7) is 4.01. The van der Waals surface area contributed by atoms with Crippen LogP contribution in [0.3, 0.4) is 0 Å². The second-order valence-electron chi connectivity index (χ2n) is 4.33. The number of nitrogens with two attached hydrogens (primary N) is 1. The van der Waals surface area contributed by atoms with Crippen molar-refractivity contribution in [1.82, 2.24) is 0 Å². The highest BCUT2D eigenvalue weighted by Gasteiger charge is 2.39. The van der Waals surface area contributed by atoms with Gasteiger partial charge in [0, 0.05) is 17.3 Å². The van der Waals surface area contributed by atoms with Gasteiger partial charge in [0.25, 0.3) is 0 Å². The number of nitrogens with one attached hydrogen (secondary N) is 1. The Balaban J connectivity index is 2.10. The van der Waals surface area contributed by atoms with Gasteiger partial charge in [-0.05, 0) is 37.0 Å². The highest BCUT2D eigenvalue weighted by Crippen LogP contribution is 2.38. The van der Waals surface area contributed by atoms with Gasteiger partial charge in [0.2, 0.25) is 5.91 Å². The van der Waals surface area contributed by atoms with Gasteiger partial charge < -0.3 is 11.1 Å². The van der Waals surface area contributed by atoms with E-state index in [0.29, 0.717) is 5.92 Å². The van der Waals surface area contributed by atoms with E-state index in [1.807, 2.05) is 25.1 Å². The van der Waals surface area contributed by atoms with E-state index in [4.69, 9.17) is 5.73 Å². The van der Waals surface area contributed by atoms with Crippen LogP contribution in [0.4, 0.5) is 11.4 Å². The Morgan fingerprint density at radius 3 is 2.80 bits per heavy atom. The number of rotatable bonds is 2. The number of amides is 1. The summed E-state index contributed by atoms with van der Waals surface area (Å²) in [6, 6.07) is 5.58. The highest BCUT2D eigenvalue weighted by atomic mass is 16.2. The first kappa shape index (κ1) is 10.0. The van der Waals surface area contributed by atoms with E-state index in [0.717, 1.165) is 23.4 Å². The summed E-state index contributed by atoms with van der Waals surface area (Å²) in [5.74, 6) is 0.855.